The van der Waals surface area contributed by atoms with E-state index in [1.165, 1.54) is 25.7 Å². The smallest absolute Gasteiger partial charge is 0.00103 e. The number of rotatable bonds is 14. The van der Waals surface area contributed by atoms with Crippen molar-refractivity contribution in [3.63, 3.8) is 0 Å². The quantitative estimate of drug-likeness (QED) is 0.369. The molecule has 0 radical (unpaired) electrons. The van der Waals surface area contributed by atoms with E-state index < -0.39 is 0 Å². The van der Waals surface area contributed by atoms with Gasteiger partial charge >= 0.3 is 0 Å². The van der Waals surface area contributed by atoms with E-state index in [4.69, 9.17) is 0 Å². The largest absolute Gasteiger partial charge is 0.320 e. The fraction of sp³-hybridized carbons (Fsp3) is 1.00. The van der Waals surface area contributed by atoms with Gasteiger partial charge in [0.1, 0.15) is 0 Å². The van der Waals surface area contributed by atoms with Gasteiger partial charge in [0.05, 0.1) is 0 Å². The zero-order chi connectivity index (χ0) is 15.5. The maximum Gasteiger partial charge on any atom is 0.00103 e. The Labute approximate surface area is 127 Å². The molecule has 0 aliphatic carbocycles. The van der Waals surface area contributed by atoms with Gasteiger partial charge in [-0.15, -0.1) is 0 Å². The number of nitrogens with one attached hydrogen (secondary N) is 4. The van der Waals surface area contributed by atoms with Crippen LogP contribution in [0.25, 0.3) is 0 Å². The second-order valence-electron chi connectivity index (χ2n) is 5.13. The average molecular weight is 289 g/mol. The van der Waals surface area contributed by atoms with Gasteiger partial charge < -0.3 is 21.3 Å². The summed E-state index contributed by atoms with van der Waals surface area (Å²) in [6.45, 7) is 15.2. The highest BCUT2D eigenvalue weighted by molar-refractivity contribution is 4.56. The second kappa shape index (κ2) is 21.1. The monoisotopic (exact) mass is 288 g/mol. The molecule has 0 saturated carbocycles. The Morgan fingerprint density at radius 3 is 1.55 bits per heavy atom. The van der Waals surface area contributed by atoms with Crippen molar-refractivity contribution in [2.45, 2.75) is 59.4 Å². The molecule has 0 aromatic rings. The summed E-state index contributed by atoms with van der Waals surface area (Å²) in [5.74, 6) is 0. The third-order valence-corrected chi connectivity index (χ3v) is 2.82. The average Bonchev–Trinajstić information content (AvgIpc) is 2.46. The van der Waals surface area contributed by atoms with Crippen LogP contribution in [0.4, 0.5) is 0 Å². The SMILES string of the molecule is CC.CNCCCNCCCCNCCCNC(C)C. The molecule has 0 bridgehead atoms. The zero-order valence-corrected chi connectivity index (χ0v) is 14.6. The van der Waals surface area contributed by atoms with Crippen molar-refractivity contribution >= 4 is 0 Å². The molecule has 4 N–H and O–H groups in total. The van der Waals surface area contributed by atoms with Crippen LogP contribution in [0.1, 0.15) is 53.4 Å². The normalized spacial score (nSPS) is 10.5. The molecule has 0 rings (SSSR count). The molecule has 20 heavy (non-hydrogen) atoms. The van der Waals surface area contributed by atoms with Gasteiger partial charge in [-0.25, -0.2) is 0 Å². The third-order valence-electron chi connectivity index (χ3n) is 2.82. The number of hydrogen-bond acceptors (Lipinski definition) is 4. The lowest BCUT2D eigenvalue weighted by Gasteiger charge is -2.08. The summed E-state index contributed by atoms with van der Waals surface area (Å²) in [6.07, 6.45) is 4.99. The van der Waals surface area contributed by atoms with Crippen LogP contribution in [0.3, 0.4) is 0 Å². The molecule has 0 heterocycles. The van der Waals surface area contributed by atoms with Crippen molar-refractivity contribution in [3.8, 4) is 0 Å². The first-order valence-corrected chi connectivity index (χ1v) is 8.56. The topological polar surface area (TPSA) is 48.1 Å². The molecule has 0 aromatic carbocycles. The lowest BCUT2D eigenvalue weighted by molar-refractivity contribution is 0.532. The standard InChI is InChI=1S/C14H34N4.C2H6/c1-14(2)18-13-7-12-17-10-5-4-9-16-11-6-8-15-3;1-2/h14-18H,4-13H2,1-3H3;1-2H3. The van der Waals surface area contributed by atoms with Crippen molar-refractivity contribution < 1.29 is 0 Å². The summed E-state index contributed by atoms with van der Waals surface area (Å²) in [7, 11) is 2.00. The van der Waals surface area contributed by atoms with Gasteiger partial charge in [0.15, 0.2) is 0 Å². The minimum atomic E-state index is 0.610. The van der Waals surface area contributed by atoms with Crippen molar-refractivity contribution in [2.75, 3.05) is 46.3 Å². The van der Waals surface area contributed by atoms with Crippen LogP contribution in [-0.2, 0) is 0 Å². The van der Waals surface area contributed by atoms with Crippen LogP contribution >= 0.6 is 0 Å². The fourth-order valence-corrected chi connectivity index (χ4v) is 1.74. The molecule has 0 saturated heterocycles. The van der Waals surface area contributed by atoms with Crippen LogP contribution in [-0.4, -0.2) is 52.4 Å². The van der Waals surface area contributed by atoms with Gasteiger partial charge in [-0.1, -0.05) is 27.7 Å². The molecule has 0 atom stereocenters. The molecule has 0 aliphatic rings. The van der Waals surface area contributed by atoms with Gasteiger partial charge in [0.2, 0.25) is 0 Å². The molecular formula is C16H40N4. The first-order chi connectivity index (χ1) is 9.77. The Hall–Kier alpha value is -0.160. The lowest BCUT2D eigenvalue weighted by Crippen LogP contribution is -2.27. The van der Waals surface area contributed by atoms with Crippen molar-refractivity contribution in [1.29, 1.82) is 0 Å². The van der Waals surface area contributed by atoms with E-state index >= 15 is 0 Å². The highest BCUT2D eigenvalue weighted by Crippen LogP contribution is 1.86. The van der Waals surface area contributed by atoms with Crippen LogP contribution in [0, 0.1) is 0 Å². The predicted octanol–water partition coefficient (Wildman–Crippen LogP) is 1.97. The molecule has 0 amide bonds. The minimum Gasteiger partial charge on any atom is -0.320 e. The van der Waals surface area contributed by atoms with Gasteiger partial charge in [0, 0.05) is 6.04 Å². The van der Waals surface area contributed by atoms with Gasteiger partial charge in [0.25, 0.3) is 0 Å². The number of unbranched alkanes of at least 4 members (excludes halogenated alkanes) is 1. The molecule has 0 aliphatic heterocycles. The van der Waals surface area contributed by atoms with E-state index in [2.05, 4.69) is 35.1 Å². The molecule has 4 nitrogen and oxygen atoms in total. The highest BCUT2D eigenvalue weighted by atomic mass is 14.9. The van der Waals surface area contributed by atoms with E-state index in [-0.39, 0.29) is 0 Å². The minimum absolute atomic E-state index is 0.610. The van der Waals surface area contributed by atoms with Crippen molar-refractivity contribution in [3.05, 3.63) is 0 Å². The maximum absolute atomic E-state index is 3.49. The van der Waals surface area contributed by atoms with Crippen LogP contribution in [0.2, 0.25) is 0 Å². The van der Waals surface area contributed by atoms with Crippen LogP contribution in [0.15, 0.2) is 0 Å². The molecule has 4 heteroatoms. The van der Waals surface area contributed by atoms with Gasteiger partial charge in [-0.3, -0.25) is 0 Å². The molecule has 0 aromatic heterocycles. The molecular weight excluding hydrogens is 248 g/mol. The van der Waals surface area contributed by atoms with Crippen LogP contribution in [0.5, 0.6) is 0 Å². The van der Waals surface area contributed by atoms with E-state index in [0.717, 1.165) is 39.3 Å². The highest BCUT2D eigenvalue weighted by Gasteiger charge is 1.92. The Bertz CT molecular complexity index is 151. The van der Waals surface area contributed by atoms with Crippen molar-refractivity contribution in [1.82, 2.24) is 21.3 Å². The van der Waals surface area contributed by atoms with E-state index in [1.807, 2.05) is 20.9 Å². The summed E-state index contributed by atoms with van der Waals surface area (Å²) < 4.78 is 0. The summed E-state index contributed by atoms with van der Waals surface area (Å²) in [5, 5.41) is 13.5. The van der Waals surface area contributed by atoms with Gasteiger partial charge in [-0.2, -0.15) is 0 Å². The Morgan fingerprint density at radius 2 is 1.10 bits per heavy atom. The van der Waals surface area contributed by atoms with Crippen molar-refractivity contribution in [2.24, 2.45) is 0 Å². The maximum atomic E-state index is 3.49. The summed E-state index contributed by atoms with van der Waals surface area (Å²) in [4.78, 5) is 0. The third kappa shape index (κ3) is 23.0. The second-order valence-corrected chi connectivity index (χ2v) is 5.13. The van der Waals surface area contributed by atoms with E-state index in [9.17, 15) is 0 Å². The summed E-state index contributed by atoms with van der Waals surface area (Å²) in [6, 6.07) is 0.610. The first-order valence-electron chi connectivity index (χ1n) is 8.56. The Morgan fingerprint density at radius 1 is 0.650 bits per heavy atom. The Balaban J connectivity index is 0. The van der Waals surface area contributed by atoms with E-state index in [1.54, 1.807) is 0 Å². The molecule has 124 valence electrons. The van der Waals surface area contributed by atoms with Crippen LogP contribution < -0.4 is 21.3 Å². The summed E-state index contributed by atoms with van der Waals surface area (Å²) >= 11 is 0. The fourth-order valence-electron chi connectivity index (χ4n) is 1.74. The predicted molar refractivity (Wildman–Crippen MR) is 92.6 cm³/mol. The molecule has 0 unspecified atom stereocenters. The van der Waals surface area contributed by atoms with E-state index in [0.29, 0.717) is 6.04 Å². The summed E-state index contributed by atoms with van der Waals surface area (Å²) in [5.41, 5.74) is 0. The number of hydrogen-bond donors (Lipinski definition) is 4. The van der Waals surface area contributed by atoms with Gasteiger partial charge in [-0.05, 0) is 72.0 Å². The lowest BCUT2D eigenvalue weighted by atomic mass is 10.3. The molecule has 0 fully saturated rings. The molecule has 0 spiro atoms. The zero-order valence-electron chi connectivity index (χ0n) is 14.6. The first kappa shape index (κ1) is 22.1. The Kier molecular flexibility index (Phi) is 23.4.